The van der Waals surface area contributed by atoms with Gasteiger partial charge in [0.2, 0.25) is 0 Å². The molecule has 0 unspecified atom stereocenters. The van der Waals surface area contributed by atoms with Crippen molar-refractivity contribution in [2.75, 3.05) is 12.4 Å². The van der Waals surface area contributed by atoms with Crippen molar-refractivity contribution < 1.29 is 9.53 Å². The maximum atomic E-state index is 10.3. The van der Waals surface area contributed by atoms with Crippen molar-refractivity contribution in [2.24, 2.45) is 0 Å². The highest BCUT2D eigenvalue weighted by atomic mass is 32.2. The van der Waals surface area contributed by atoms with Gasteiger partial charge in [-0.05, 0) is 41.7 Å². The Kier molecular flexibility index (Phi) is 7.74. The summed E-state index contributed by atoms with van der Waals surface area (Å²) < 4.78 is 4.55. The Hall–Kier alpha value is -2.52. The van der Waals surface area contributed by atoms with Crippen LogP contribution in [0.4, 0.5) is 0 Å². The van der Waals surface area contributed by atoms with Crippen LogP contribution in [0, 0.1) is 0 Å². The van der Waals surface area contributed by atoms with Crippen molar-refractivity contribution in [3.63, 3.8) is 0 Å². The summed E-state index contributed by atoms with van der Waals surface area (Å²) in [7, 11) is 0. The van der Waals surface area contributed by atoms with Gasteiger partial charge in [-0.15, -0.1) is 11.8 Å². The maximum absolute atomic E-state index is 10.3. The first kappa shape index (κ1) is 20.2. The summed E-state index contributed by atoms with van der Waals surface area (Å²) in [5, 5.41) is 0. The van der Waals surface area contributed by atoms with Crippen LogP contribution in [0.3, 0.4) is 0 Å². The number of carbonyl (C=O) groups excluding carboxylic acids is 1. The number of hydrogen-bond donors (Lipinski definition) is 0. The largest absolute Gasteiger partial charge is 0.468 e. The molecular formula is C25H26O2S. The highest BCUT2D eigenvalue weighted by Gasteiger charge is 2.36. The number of ether oxygens (including phenoxy) is 1. The van der Waals surface area contributed by atoms with Crippen LogP contribution in [0.1, 0.15) is 36.0 Å². The average molecular weight is 391 g/mol. The third-order valence-corrected chi connectivity index (χ3v) is 6.47. The van der Waals surface area contributed by atoms with Crippen LogP contribution in [0.15, 0.2) is 91.0 Å². The number of carbonyl (C=O) groups is 1. The first-order valence-corrected chi connectivity index (χ1v) is 10.7. The van der Waals surface area contributed by atoms with Crippen LogP contribution in [-0.2, 0) is 14.3 Å². The molecule has 0 aromatic heterocycles. The number of rotatable bonds is 11. The van der Waals surface area contributed by atoms with E-state index in [9.17, 15) is 4.79 Å². The molecule has 0 N–H and O–H groups in total. The van der Waals surface area contributed by atoms with Gasteiger partial charge < -0.3 is 4.74 Å². The first-order chi connectivity index (χ1) is 13.9. The molecule has 0 aliphatic rings. The molecule has 0 bridgehead atoms. The lowest BCUT2D eigenvalue weighted by molar-refractivity contribution is -0.128. The van der Waals surface area contributed by atoms with Crippen molar-refractivity contribution in [3.05, 3.63) is 108 Å². The minimum atomic E-state index is -0.247. The molecule has 28 heavy (non-hydrogen) atoms. The molecule has 0 spiro atoms. The Morgan fingerprint density at radius 3 is 1.57 bits per heavy atom. The standard InChI is InChI=1S/C25H26O2S/c26-21-27-19-11-4-12-20-28-25(22-13-5-1-6-14-22,23-15-7-2-8-16-23)24-17-9-3-10-18-24/h1-3,5-10,13-18,21H,4,11-12,19-20H2. The summed E-state index contributed by atoms with van der Waals surface area (Å²) in [6.07, 6.45) is 3.05. The van der Waals surface area contributed by atoms with Gasteiger partial charge in [-0.1, -0.05) is 91.0 Å². The summed E-state index contributed by atoms with van der Waals surface area (Å²) in [4.78, 5) is 10.3. The van der Waals surface area contributed by atoms with Gasteiger partial charge in [0.25, 0.3) is 6.47 Å². The van der Waals surface area contributed by atoms with E-state index in [1.807, 2.05) is 11.8 Å². The van der Waals surface area contributed by atoms with E-state index in [1.54, 1.807) is 0 Å². The predicted octanol–water partition coefficient (Wildman–Crippen LogP) is 6.06. The van der Waals surface area contributed by atoms with Crippen molar-refractivity contribution >= 4 is 18.2 Å². The van der Waals surface area contributed by atoms with Gasteiger partial charge in [0, 0.05) is 0 Å². The van der Waals surface area contributed by atoms with Gasteiger partial charge in [-0.2, -0.15) is 0 Å². The molecule has 0 saturated carbocycles. The van der Waals surface area contributed by atoms with Gasteiger partial charge in [0.05, 0.1) is 11.4 Å². The molecule has 0 amide bonds. The minimum absolute atomic E-state index is 0.247. The molecule has 0 heterocycles. The number of thioether (sulfide) groups is 1. The molecule has 3 aromatic carbocycles. The Bertz CT molecular complexity index is 722. The van der Waals surface area contributed by atoms with Crippen LogP contribution in [-0.4, -0.2) is 18.8 Å². The zero-order chi connectivity index (χ0) is 19.5. The molecule has 3 heteroatoms. The monoisotopic (exact) mass is 390 g/mol. The molecule has 0 aliphatic heterocycles. The van der Waals surface area contributed by atoms with Crippen molar-refractivity contribution in [2.45, 2.75) is 24.0 Å². The molecule has 0 atom stereocenters. The van der Waals surface area contributed by atoms with Crippen molar-refractivity contribution in [3.8, 4) is 0 Å². The molecule has 0 aliphatic carbocycles. The minimum Gasteiger partial charge on any atom is -0.468 e. The van der Waals surface area contributed by atoms with Gasteiger partial charge in [0.15, 0.2) is 0 Å². The zero-order valence-corrected chi connectivity index (χ0v) is 16.8. The van der Waals surface area contributed by atoms with E-state index in [2.05, 4.69) is 91.0 Å². The Balaban J connectivity index is 1.92. The quantitative estimate of drug-likeness (QED) is 0.226. The molecule has 0 fully saturated rings. The van der Waals surface area contributed by atoms with E-state index in [-0.39, 0.29) is 4.75 Å². The van der Waals surface area contributed by atoms with Crippen molar-refractivity contribution in [1.29, 1.82) is 0 Å². The fourth-order valence-electron chi connectivity index (χ4n) is 3.51. The number of unbranched alkanes of at least 4 members (excludes halogenated alkanes) is 2. The molecule has 3 rings (SSSR count). The Labute approximate surface area is 171 Å². The van der Waals surface area contributed by atoms with Crippen LogP contribution in [0.2, 0.25) is 0 Å². The van der Waals surface area contributed by atoms with Crippen LogP contribution < -0.4 is 0 Å². The third-order valence-electron chi connectivity index (χ3n) is 4.83. The summed E-state index contributed by atoms with van der Waals surface area (Å²) in [5.41, 5.74) is 3.88. The second kappa shape index (κ2) is 10.7. The van der Waals surface area contributed by atoms with Gasteiger partial charge in [-0.3, -0.25) is 4.79 Å². The van der Waals surface area contributed by atoms with Crippen LogP contribution >= 0.6 is 11.8 Å². The molecule has 0 radical (unpaired) electrons. The van der Waals surface area contributed by atoms with E-state index in [0.29, 0.717) is 13.1 Å². The third kappa shape index (κ3) is 4.85. The van der Waals surface area contributed by atoms with Gasteiger partial charge in [0.1, 0.15) is 0 Å². The highest BCUT2D eigenvalue weighted by molar-refractivity contribution is 8.00. The predicted molar refractivity (Wildman–Crippen MR) is 118 cm³/mol. The lowest BCUT2D eigenvalue weighted by Crippen LogP contribution is -2.26. The summed E-state index contributed by atoms with van der Waals surface area (Å²) in [5.74, 6) is 1.03. The summed E-state index contributed by atoms with van der Waals surface area (Å²) in [6, 6.07) is 32.3. The van der Waals surface area contributed by atoms with Crippen LogP contribution in [0.25, 0.3) is 0 Å². The summed E-state index contributed by atoms with van der Waals surface area (Å²) >= 11 is 1.98. The lowest BCUT2D eigenvalue weighted by Gasteiger charge is -2.35. The first-order valence-electron chi connectivity index (χ1n) is 9.73. The second-order valence-electron chi connectivity index (χ2n) is 6.66. The topological polar surface area (TPSA) is 26.3 Å². The van der Waals surface area contributed by atoms with Gasteiger partial charge >= 0.3 is 0 Å². The second-order valence-corrected chi connectivity index (χ2v) is 7.96. The fraction of sp³-hybridized carbons (Fsp3) is 0.240. The molecule has 2 nitrogen and oxygen atoms in total. The van der Waals surface area contributed by atoms with Gasteiger partial charge in [-0.25, -0.2) is 0 Å². The lowest BCUT2D eigenvalue weighted by atomic mass is 9.84. The zero-order valence-electron chi connectivity index (χ0n) is 16.0. The SMILES string of the molecule is O=COCCCCCSC(c1ccccc1)(c1ccccc1)c1ccccc1. The maximum Gasteiger partial charge on any atom is 0.293 e. The van der Waals surface area contributed by atoms with E-state index in [1.165, 1.54) is 16.7 Å². The van der Waals surface area contributed by atoms with E-state index < -0.39 is 0 Å². The Morgan fingerprint density at radius 1 is 0.679 bits per heavy atom. The number of hydrogen-bond acceptors (Lipinski definition) is 3. The van der Waals surface area contributed by atoms with E-state index >= 15 is 0 Å². The average Bonchev–Trinajstić information content (AvgIpc) is 2.78. The van der Waals surface area contributed by atoms with Crippen molar-refractivity contribution in [1.82, 2.24) is 0 Å². The number of benzene rings is 3. The fourth-order valence-corrected chi connectivity index (χ4v) is 5.07. The molecular weight excluding hydrogens is 364 g/mol. The molecule has 0 saturated heterocycles. The summed E-state index contributed by atoms with van der Waals surface area (Å²) in [6.45, 7) is 1.04. The highest BCUT2D eigenvalue weighted by Crippen LogP contribution is 2.48. The molecule has 3 aromatic rings. The van der Waals surface area contributed by atoms with E-state index in [0.717, 1.165) is 25.0 Å². The Morgan fingerprint density at radius 2 is 1.14 bits per heavy atom. The smallest absolute Gasteiger partial charge is 0.293 e. The van der Waals surface area contributed by atoms with E-state index in [4.69, 9.17) is 4.74 Å². The van der Waals surface area contributed by atoms with Crippen LogP contribution in [0.5, 0.6) is 0 Å². The molecule has 144 valence electrons. The normalized spacial score (nSPS) is 11.1.